The Morgan fingerprint density at radius 3 is 2.44 bits per heavy atom. The van der Waals surface area contributed by atoms with Crippen LogP contribution in [0.15, 0.2) is 42.5 Å². The highest BCUT2D eigenvalue weighted by Crippen LogP contribution is 2.28. The van der Waals surface area contributed by atoms with Crippen LogP contribution < -0.4 is 10.1 Å². The number of hydrogen-bond acceptors (Lipinski definition) is 5. The molecule has 4 rings (SSSR count). The zero-order valence-corrected chi connectivity index (χ0v) is 18.4. The zero-order valence-electron chi connectivity index (χ0n) is 18.4. The third-order valence-corrected chi connectivity index (χ3v) is 5.92. The number of imide groups is 1. The minimum atomic E-state index is -0.181. The number of carbonyl (C=O) groups is 3. The summed E-state index contributed by atoms with van der Waals surface area (Å²) in [5.41, 5.74) is 2.91. The van der Waals surface area contributed by atoms with Crippen molar-refractivity contribution in [2.45, 2.75) is 32.6 Å². The second kappa shape index (κ2) is 9.96. The van der Waals surface area contributed by atoms with Gasteiger partial charge in [0.2, 0.25) is 0 Å². The van der Waals surface area contributed by atoms with Crippen LogP contribution in [0.3, 0.4) is 0 Å². The standard InChI is InChI=1S/C25H29N3O4/c1-2-12-27(15-11-18-9-10-22-21(16-18)26-23(29)17-32-22)13-5-6-14-28-24(30)19-7-3-4-8-20(19)25(28)31/h3-4,7-10,16H,2,5-6,11-15,17H2,1H3,(H,26,29). The number of hydrogen-bond donors (Lipinski definition) is 1. The number of benzene rings is 2. The van der Waals surface area contributed by atoms with Crippen molar-refractivity contribution in [3.8, 4) is 5.75 Å². The first-order valence-corrected chi connectivity index (χ1v) is 11.3. The molecule has 0 saturated heterocycles. The first kappa shape index (κ1) is 22.0. The van der Waals surface area contributed by atoms with Crippen molar-refractivity contribution < 1.29 is 19.1 Å². The van der Waals surface area contributed by atoms with Gasteiger partial charge in [0.05, 0.1) is 16.8 Å². The largest absolute Gasteiger partial charge is 0.482 e. The van der Waals surface area contributed by atoms with Gasteiger partial charge in [0.15, 0.2) is 6.61 Å². The topological polar surface area (TPSA) is 79.0 Å². The minimum absolute atomic E-state index is 0.0668. The van der Waals surface area contributed by atoms with Crippen molar-refractivity contribution in [1.82, 2.24) is 9.80 Å². The third-order valence-electron chi connectivity index (χ3n) is 5.92. The molecule has 3 amide bonds. The fourth-order valence-electron chi connectivity index (χ4n) is 4.27. The van der Waals surface area contributed by atoms with Crippen molar-refractivity contribution in [3.63, 3.8) is 0 Å². The molecule has 0 atom stereocenters. The van der Waals surface area contributed by atoms with Crippen molar-refractivity contribution in [2.24, 2.45) is 0 Å². The number of carbonyl (C=O) groups excluding carboxylic acids is 3. The second-order valence-electron chi connectivity index (χ2n) is 8.27. The molecule has 7 nitrogen and oxygen atoms in total. The number of amides is 3. The smallest absolute Gasteiger partial charge is 0.262 e. The number of rotatable bonds is 10. The second-order valence-corrected chi connectivity index (χ2v) is 8.27. The van der Waals surface area contributed by atoms with E-state index in [1.165, 1.54) is 4.90 Å². The van der Waals surface area contributed by atoms with Gasteiger partial charge in [-0.2, -0.15) is 0 Å². The zero-order chi connectivity index (χ0) is 22.5. The maximum atomic E-state index is 12.5. The van der Waals surface area contributed by atoms with Crippen LogP contribution in [0.5, 0.6) is 5.75 Å². The lowest BCUT2D eigenvalue weighted by Crippen LogP contribution is -2.32. The van der Waals surface area contributed by atoms with Crippen LogP contribution >= 0.6 is 0 Å². The highest BCUT2D eigenvalue weighted by Gasteiger charge is 2.34. The van der Waals surface area contributed by atoms with E-state index in [0.29, 0.717) is 23.4 Å². The van der Waals surface area contributed by atoms with E-state index < -0.39 is 0 Å². The molecular weight excluding hydrogens is 406 g/mol. The van der Waals surface area contributed by atoms with E-state index in [0.717, 1.165) is 56.6 Å². The van der Waals surface area contributed by atoms with E-state index in [-0.39, 0.29) is 24.3 Å². The first-order chi connectivity index (χ1) is 15.6. The van der Waals surface area contributed by atoms with Crippen LogP contribution in [0, 0.1) is 0 Å². The van der Waals surface area contributed by atoms with Gasteiger partial charge in [-0.1, -0.05) is 25.1 Å². The normalized spacial score (nSPS) is 14.9. The molecule has 168 valence electrons. The fraction of sp³-hybridized carbons (Fsp3) is 0.400. The van der Waals surface area contributed by atoms with E-state index in [4.69, 9.17) is 4.74 Å². The number of ether oxygens (including phenoxy) is 1. The number of nitrogens with one attached hydrogen (secondary N) is 1. The monoisotopic (exact) mass is 435 g/mol. The molecule has 0 spiro atoms. The lowest BCUT2D eigenvalue weighted by molar-refractivity contribution is -0.118. The molecule has 0 unspecified atom stereocenters. The molecule has 2 heterocycles. The molecule has 2 aromatic carbocycles. The summed E-state index contributed by atoms with van der Waals surface area (Å²) in [7, 11) is 0. The van der Waals surface area contributed by atoms with Crippen LogP contribution in [-0.2, 0) is 11.2 Å². The Morgan fingerprint density at radius 2 is 1.72 bits per heavy atom. The summed E-state index contributed by atoms with van der Waals surface area (Å²) in [5.74, 6) is 0.228. The van der Waals surface area contributed by atoms with Crippen LogP contribution in [0.4, 0.5) is 5.69 Å². The van der Waals surface area contributed by atoms with E-state index in [1.54, 1.807) is 24.3 Å². The molecule has 0 saturated carbocycles. The molecule has 32 heavy (non-hydrogen) atoms. The molecule has 0 radical (unpaired) electrons. The van der Waals surface area contributed by atoms with E-state index in [1.807, 2.05) is 18.2 Å². The van der Waals surface area contributed by atoms with Crippen molar-refractivity contribution in [3.05, 3.63) is 59.2 Å². The van der Waals surface area contributed by atoms with Gasteiger partial charge in [-0.15, -0.1) is 0 Å². The number of anilines is 1. The molecule has 2 aliphatic heterocycles. The van der Waals surface area contributed by atoms with Crippen molar-refractivity contribution in [2.75, 3.05) is 38.1 Å². The summed E-state index contributed by atoms with van der Waals surface area (Å²) < 4.78 is 5.42. The van der Waals surface area contributed by atoms with Crippen LogP contribution in [0.2, 0.25) is 0 Å². The maximum Gasteiger partial charge on any atom is 0.262 e. The molecule has 1 N–H and O–H groups in total. The maximum absolute atomic E-state index is 12.5. The van der Waals surface area contributed by atoms with E-state index in [2.05, 4.69) is 17.1 Å². The molecule has 0 fully saturated rings. The van der Waals surface area contributed by atoms with Crippen LogP contribution in [0.25, 0.3) is 0 Å². The Hall–Kier alpha value is -3.19. The Kier molecular flexibility index (Phi) is 6.85. The fourth-order valence-corrected chi connectivity index (χ4v) is 4.27. The molecular formula is C25H29N3O4. The van der Waals surface area contributed by atoms with Gasteiger partial charge in [-0.3, -0.25) is 19.3 Å². The Labute approximate surface area is 188 Å². The highest BCUT2D eigenvalue weighted by atomic mass is 16.5. The first-order valence-electron chi connectivity index (χ1n) is 11.3. The molecule has 7 heteroatoms. The minimum Gasteiger partial charge on any atom is -0.482 e. The van der Waals surface area contributed by atoms with Gasteiger partial charge in [0.25, 0.3) is 17.7 Å². The van der Waals surface area contributed by atoms with Crippen molar-refractivity contribution in [1.29, 1.82) is 0 Å². The Balaban J connectivity index is 1.25. The predicted octanol–water partition coefficient (Wildman–Crippen LogP) is 3.35. The molecule has 0 aliphatic carbocycles. The average molecular weight is 436 g/mol. The van der Waals surface area contributed by atoms with Gasteiger partial charge in [0.1, 0.15) is 5.75 Å². The SMILES string of the molecule is CCCN(CCCCN1C(=O)c2ccccc2C1=O)CCc1ccc2c(c1)NC(=O)CO2. The molecule has 0 aromatic heterocycles. The van der Waals surface area contributed by atoms with Gasteiger partial charge in [0, 0.05) is 13.1 Å². The Morgan fingerprint density at radius 1 is 0.969 bits per heavy atom. The lowest BCUT2D eigenvalue weighted by Gasteiger charge is -2.23. The summed E-state index contributed by atoms with van der Waals surface area (Å²) in [5, 5.41) is 2.86. The lowest BCUT2D eigenvalue weighted by atomic mass is 10.1. The summed E-state index contributed by atoms with van der Waals surface area (Å²) in [6.07, 6.45) is 3.64. The summed E-state index contributed by atoms with van der Waals surface area (Å²) in [4.78, 5) is 40.3. The summed E-state index contributed by atoms with van der Waals surface area (Å²) in [6.45, 7) is 5.51. The van der Waals surface area contributed by atoms with E-state index >= 15 is 0 Å². The quantitative estimate of drug-likeness (QED) is 0.457. The van der Waals surface area contributed by atoms with Crippen molar-refractivity contribution >= 4 is 23.4 Å². The van der Waals surface area contributed by atoms with Gasteiger partial charge >= 0.3 is 0 Å². The van der Waals surface area contributed by atoms with Gasteiger partial charge < -0.3 is 15.0 Å². The molecule has 2 aromatic rings. The Bertz CT molecular complexity index is 985. The third kappa shape index (κ3) is 4.83. The average Bonchev–Trinajstić information content (AvgIpc) is 3.04. The number of unbranched alkanes of at least 4 members (excludes halogenated alkanes) is 1. The molecule has 2 aliphatic rings. The summed E-state index contributed by atoms with van der Waals surface area (Å²) >= 11 is 0. The van der Waals surface area contributed by atoms with Crippen LogP contribution in [0.1, 0.15) is 52.5 Å². The van der Waals surface area contributed by atoms with E-state index in [9.17, 15) is 14.4 Å². The van der Waals surface area contributed by atoms with Gasteiger partial charge in [-0.25, -0.2) is 0 Å². The number of fused-ring (bicyclic) bond motifs is 2. The highest BCUT2D eigenvalue weighted by molar-refractivity contribution is 6.21. The summed E-state index contributed by atoms with van der Waals surface area (Å²) in [6, 6.07) is 13.0. The number of nitrogens with zero attached hydrogens (tertiary/aromatic N) is 2. The van der Waals surface area contributed by atoms with Crippen LogP contribution in [-0.4, -0.2) is 60.3 Å². The molecule has 0 bridgehead atoms. The predicted molar refractivity (Wildman–Crippen MR) is 122 cm³/mol. The van der Waals surface area contributed by atoms with Gasteiger partial charge in [-0.05, 0) is 68.6 Å².